The molecule has 0 radical (unpaired) electrons. The molecule has 1 amide bonds. The van der Waals surface area contributed by atoms with Crippen LogP contribution in [0.3, 0.4) is 0 Å². The van der Waals surface area contributed by atoms with Gasteiger partial charge in [0.2, 0.25) is 0 Å². The monoisotopic (exact) mass is 498 g/mol. The number of rotatable bonds is 7. The summed E-state index contributed by atoms with van der Waals surface area (Å²) in [6.07, 6.45) is 0.838. The molecule has 0 atom stereocenters. The molecule has 0 saturated heterocycles. The molecule has 0 N–H and O–H groups in total. The Hall–Kier alpha value is -3.97. The van der Waals surface area contributed by atoms with Crippen LogP contribution in [-0.4, -0.2) is 46.2 Å². The molecule has 1 aliphatic rings. The summed E-state index contributed by atoms with van der Waals surface area (Å²) in [5, 5.41) is 5.02. The predicted octanol–water partition coefficient (Wildman–Crippen LogP) is 5.16. The summed E-state index contributed by atoms with van der Waals surface area (Å²) in [5.41, 5.74) is 7.07. The Balaban J connectivity index is 1.44. The maximum atomic E-state index is 13.4. The molecule has 37 heavy (non-hydrogen) atoms. The van der Waals surface area contributed by atoms with Gasteiger partial charge in [0, 0.05) is 44.2 Å². The number of fused-ring (bicyclic) bond motifs is 1. The number of halogens is 1. The van der Waals surface area contributed by atoms with Crippen LogP contribution in [0.2, 0.25) is 0 Å². The minimum absolute atomic E-state index is 0.0866. The Kier molecular flexibility index (Phi) is 7.06. The van der Waals surface area contributed by atoms with Gasteiger partial charge in [-0.05, 0) is 55.0 Å². The SMILES string of the molecule is COc1cccc(C(=O)N(C)Cc2nn(-c3ccc(C)cc3)c3c2CN(Cc2ccc(F)cc2)CC3)c1. The van der Waals surface area contributed by atoms with Crippen LogP contribution < -0.4 is 4.74 Å². The predicted molar refractivity (Wildman–Crippen MR) is 141 cm³/mol. The van der Waals surface area contributed by atoms with Crippen molar-refractivity contribution in [2.75, 3.05) is 20.7 Å². The lowest BCUT2D eigenvalue weighted by Crippen LogP contribution is -2.32. The molecule has 0 unspecified atom stereocenters. The van der Waals surface area contributed by atoms with Gasteiger partial charge in [0.05, 0.1) is 30.7 Å². The smallest absolute Gasteiger partial charge is 0.254 e. The average molecular weight is 499 g/mol. The van der Waals surface area contributed by atoms with Crippen LogP contribution in [-0.2, 0) is 26.1 Å². The van der Waals surface area contributed by atoms with Gasteiger partial charge in [0.15, 0.2) is 0 Å². The highest BCUT2D eigenvalue weighted by atomic mass is 19.1. The molecule has 0 aliphatic carbocycles. The highest BCUT2D eigenvalue weighted by Crippen LogP contribution is 2.28. The van der Waals surface area contributed by atoms with Gasteiger partial charge in [-0.25, -0.2) is 9.07 Å². The number of benzene rings is 3. The zero-order chi connectivity index (χ0) is 25.9. The fourth-order valence-electron chi connectivity index (χ4n) is 4.82. The van der Waals surface area contributed by atoms with Crippen molar-refractivity contribution in [2.24, 2.45) is 0 Å². The van der Waals surface area contributed by atoms with Gasteiger partial charge in [-0.3, -0.25) is 9.69 Å². The summed E-state index contributed by atoms with van der Waals surface area (Å²) in [4.78, 5) is 17.3. The number of ether oxygens (including phenoxy) is 1. The number of nitrogens with zero attached hydrogens (tertiary/aromatic N) is 4. The van der Waals surface area contributed by atoms with Crippen LogP contribution in [0, 0.1) is 12.7 Å². The van der Waals surface area contributed by atoms with E-state index in [9.17, 15) is 9.18 Å². The number of amides is 1. The van der Waals surface area contributed by atoms with E-state index in [0.29, 0.717) is 17.9 Å². The number of hydrogen-bond acceptors (Lipinski definition) is 4. The van der Waals surface area contributed by atoms with Gasteiger partial charge in [0.25, 0.3) is 5.91 Å². The lowest BCUT2D eigenvalue weighted by molar-refractivity contribution is 0.0782. The molecule has 6 nitrogen and oxygen atoms in total. The van der Waals surface area contributed by atoms with Crippen molar-refractivity contribution in [3.63, 3.8) is 0 Å². The Labute approximate surface area is 216 Å². The fourth-order valence-corrected chi connectivity index (χ4v) is 4.82. The summed E-state index contributed by atoms with van der Waals surface area (Å²) in [6, 6.07) is 22.2. The molecule has 4 aromatic rings. The number of aromatic nitrogens is 2. The third-order valence-corrected chi connectivity index (χ3v) is 6.87. The van der Waals surface area contributed by atoms with E-state index in [4.69, 9.17) is 9.84 Å². The summed E-state index contributed by atoms with van der Waals surface area (Å²) in [5.74, 6) is 0.336. The first-order chi connectivity index (χ1) is 17.9. The van der Waals surface area contributed by atoms with Crippen LogP contribution in [0.4, 0.5) is 4.39 Å². The van der Waals surface area contributed by atoms with E-state index in [1.54, 1.807) is 31.2 Å². The van der Waals surface area contributed by atoms with E-state index in [1.807, 2.05) is 28.9 Å². The van der Waals surface area contributed by atoms with Crippen LogP contribution in [0.1, 0.15) is 38.4 Å². The average Bonchev–Trinajstić information content (AvgIpc) is 3.27. The molecule has 7 heteroatoms. The van der Waals surface area contributed by atoms with Crippen molar-refractivity contribution in [1.82, 2.24) is 19.6 Å². The molecule has 0 bridgehead atoms. The summed E-state index contributed by atoms with van der Waals surface area (Å²) in [7, 11) is 3.40. The van der Waals surface area contributed by atoms with Crippen molar-refractivity contribution >= 4 is 5.91 Å². The molecule has 0 spiro atoms. The quantitative estimate of drug-likeness (QED) is 0.353. The Morgan fingerprint density at radius 3 is 2.57 bits per heavy atom. The molecule has 190 valence electrons. The Morgan fingerprint density at radius 2 is 1.84 bits per heavy atom. The van der Waals surface area contributed by atoms with Crippen LogP contribution in [0.25, 0.3) is 5.69 Å². The minimum atomic E-state index is -0.227. The number of methoxy groups -OCH3 is 1. The van der Waals surface area contributed by atoms with E-state index in [0.717, 1.165) is 48.6 Å². The van der Waals surface area contributed by atoms with Crippen LogP contribution >= 0.6 is 0 Å². The van der Waals surface area contributed by atoms with Crippen molar-refractivity contribution in [1.29, 1.82) is 0 Å². The van der Waals surface area contributed by atoms with Gasteiger partial charge in [-0.1, -0.05) is 35.9 Å². The third-order valence-electron chi connectivity index (χ3n) is 6.87. The highest BCUT2D eigenvalue weighted by Gasteiger charge is 2.27. The van der Waals surface area contributed by atoms with Gasteiger partial charge in [0.1, 0.15) is 11.6 Å². The van der Waals surface area contributed by atoms with Crippen LogP contribution in [0.5, 0.6) is 5.75 Å². The Morgan fingerprint density at radius 1 is 1.08 bits per heavy atom. The second-order valence-corrected chi connectivity index (χ2v) is 9.60. The fraction of sp³-hybridized carbons (Fsp3) is 0.267. The van der Waals surface area contributed by atoms with Gasteiger partial charge in [-0.15, -0.1) is 0 Å². The second-order valence-electron chi connectivity index (χ2n) is 9.60. The van der Waals surface area contributed by atoms with Gasteiger partial charge < -0.3 is 9.64 Å². The van der Waals surface area contributed by atoms with Crippen molar-refractivity contribution in [3.8, 4) is 11.4 Å². The molecule has 3 aromatic carbocycles. The van der Waals surface area contributed by atoms with Crippen LogP contribution in [0.15, 0.2) is 72.8 Å². The van der Waals surface area contributed by atoms with E-state index >= 15 is 0 Å². The van der Waals surface area contributed by atoms with Gasteiger partial charge in [-0.2, -0.15) is 5.10 Å². The maximum Gasteiger partial charge on any atom is 0.254 e. The number of carbonyl (C=O) groups excluding carboxylic acids is 1. The summed E-state index contributed by atoms with van der Waals surface area (Å²) >= 11 is 0. The molecule has 5 rings (SSSR count). The molecular weight excluding hydrogens is 467 g/mol. The van der Waals surface area contributed by atoms with E-state index in [-0.39, 0.29) is 11.7 Å². The zero-order valence-corrected chi connectivity index (χ0v) is 21.4. The normalized spacial score (nSPS) is 13.3. The molecule has 1 aromatic heterocycles. The highest BCUT2D eigenvalue weighted by molar-refractivity contribution is 5.94. The van der Waals surface area contributed by atoms with E-state index in [1.165, 1.54) is 23.4 Å². The van der Waals surface area contributed by atoms with Gasteiger partial charge >= 0.3 is 0 Å². The number of carbonyl (C=O) groups is 1. The van der Waals surface area contributed by atoms with E-state index < -0.39 is 0 Å². The van der Waals surface area contributed by atoms with Crippen molar-refractivity contribution < 1.29 is 13.9 Å². The number of aryl methyl sites for hydroxylation is 1. The lowest BCUT2D eigenvalue weighted by atomic mass is 10.0. The first-order valence-electron chi connectivity index (χ1n) is 12.4. The second kappa shape index (κ2) is 10.6. The molecular formula is C30H31FN4O2. The minimum Gasteiger partial charge on any atom is -0.497 e. The standard InChI is InChI=1S/C30H31FN4O2/c1-21-7-13-25(14-8-21)35-29-15-16-34(18-22-9-11-24(31)12-10-22)19-27(29)28(32-35)20-33(2)30(36)23-5-4-6-26(17-23)37-3/h4-14,17H,15-16,18-20H2,1-3H3. The lowest BCUT2D eigenvalue weighted by Gasteiger charge is -2.28. The topological polar surface area (TPSA) is 50.6 Å². The first-order valence-corrected chi connectivity index (χ1v) is 12.4. The van der Waals surface area contributed by atoms with E-state index in [2.05, 4.69) is 36.1 Å². The summed E-state index contributed by atoms with van der Waals surface area (Å²) in [6.45, 7) is 4.78. The summed E-state index contributed by atoms with van der Waals surface area (Å²) < 4.78 is 20.7. The van der Waals surface area contributed by atoms with Crippen molar-refractivity contribution in [3.05, 3.63) is 112 Å². The molecule has 1 aliphatic heterocycles. The molecule has 0 fully saturated rings. The Bertz CT molecular complexity index is 1400. The molecule has 2 heterocycles. The largest absolute Gasteiger partial charge is 0.497 e. The zero-order valence-electron chi connectivity index (χ0n) is 21.4. The maximum absolute atomic E-state index is 13.4. The third kappa shape index (κ3) is 5.42. The number of hydrogen-bond donors (Lipinski definition) is 0. The molecule has 0 saturated carbocycles. The first kappa shape index (κ1) is 24.7. The van der Waals surface area contributed by atoms with Crippen molar-refractivity contribution in [2.45, 2.75) is 33.0 Å².